The number of Topliss-reactive ketones (excluding diaryl/α,β-unsaturated/α-hetero) is 1. The van der Waals surface area contributed by atoms with Crippen LogP contribution in [0.15, 0.2) is 30.3 Å². The molecule has 0 aromatic heterocycles. The van der Waals surface area contributed by atoms with Crippen molar-refractivity contribution < 1.29 is 14.7 Å². The smallest absolute Gasteiger partial charge is 0.234 e. The first-order valence-electron chi connectivity index (χ1n) is 7.71. The first-order chi connectivity index (χ1) is 10.5. The SMILES string of the molecule is CC1(CO)CCCN(CC(=O)NCC(=O)c2ccccc2)C1. The number of piperidine rings is 1. The Hall–Kier alpha value is -1.72. The fraction of sp³-hybridized carbons (Fsp3) is 0.529. The molecule has 0 saturated carbocycles. The maximum atomic E-state index is 12.0. The van der Waals surface area contributed by atoms with Crippen LogP contribution in [0.3, 0.4) is 0 Å². The van der Waals surface area contributed by atoms with Gasteiger partial charge in [0.15, 0.2) is 5.78 Å². The Morgan fingerprint density at radius 3 is 2.73 bits per heavy atom. The Morgan fingerprint density at radius 2 is 2.05 bits per heavy atom. The second-order valence-corrected chi connectivity index (χ2v) is 6.35. The van der Waals surface area contributed by atoms with Crippen LogP contribution in [-0.2, 0) is 4.79 Å². The lowest BCUT2D eigenvalue weighted by molar-refractivity contribution is -0.123. The van der Waals surface area contributed by atoms with Crippen molar-refractivity contribution in [2.24, 2.45) is 5.41 Å². The minimum Gasteiger partial charge on any atom is -0.396 e. The standard InChI is InChI=1S/C17H24N2O3/c1-17(13-20)8-5-9-19(12-17)11-16(22)18-10-15(21)14-6-3-2-4-7-14/h2-4,6-7,20H,5,8-13H2,1H3,(H,18,22). The van der Waals surface area contributed by atoms with Gasteiger partial charge >= 0.3 is 0 Å². The van der Waals surface area contributed by atoms with Gasteiger partial charge in [0.05, 0.1) is 13.1 Å². The number of likely N-dealkylation sites (tertiary alicyclic amines) is 1. The molecule has 1 unspecified atom stereocenters. The fourth-order valence-corrected chi connectivity index (χ4v) is 2.86. The Morgan fingerprint density at radius 1 is 1.32 bits per heavy atom. The van der Waals surface area contributed by atoms with Gasteiger partial charge in [0.2, 0.25) is 5.91 Å². The molecule has 1 heterocycles. The average Bonchev–Trinajstić information content (AvgIpc) is 2.53. The molecular formula is C17H24N2O3. The van der Waals surface area contributed by atoms with Gasteiger partial charge in [0.25, 0.3) is 0 Å². The monoisotopic (exact) mass is 304 g/mol. The predicted octanol–water partition coefficient (Wildman–Crippen LogP) is 1.08. The molecule has 1 fully saturated rings. The van der Waals surface area contributed by atoms with Crippen LogP contribution in [0.4, 0.5) is 0 Å². The number of nitrogens with zero attached hydrogens (tertiary/aromatic N) is 1. The summed E-state index contributed by atoms with van der Waals surface area (Å²) >= 11 is 0. The van der Waals surface area contributed by atoms with Crippen LogP contribution in [0.1, 0.15) is 30.1 Å². The van der Waals surface area contributed by atoms with Crippen LogP contribution in [0.25, 0.3) is 0 Å². The number of carbonyl (C=O) groups is 2. The molecule has 0 spiro atoms. The number of aliphatic hydroxyl groups is 1. The van der Waals surface area contributed by atoms with E-state index in [0.717, 1.165) is 19.4 Å². The molecule has 1 aromatic carbocycles. The molecule has 1 aromatic rings. The van der Waals surface area contributed by atoms with E-state index in [2.05, 4.69) is 5.32 Å². The zero-order valence-electron chi connectivity index (χ0n) is 13.0. The van der Waals surface area contributed by atoms with E-state index in [1.807, 2.05) is 17.9 Å². The van der Waals surface area contributed by atoms with E-state index in [0.29, 0.717) is 12.1 Å². The molecule has 0 radical (unpaired) electrons. The average molecular weight is 304 g/mol. The topological polar surface area (TPSA) is 69.6 Å². The third-order valence-corrected chi connectivity index (χ3v) is 4.15. The minimum atomic E-state index is -0.147. The fourth-order valence-electron chi connectivity index (χ4n) is 2.86. The Kier molecular flexibility index (Phi) is 5.69. The summed E-state index contributed by atoms with van der Waals surface area (Å²) in [7, 11) is 0. The Labute approximate surface area is 131 Å². The van der Waals surface area contributed by atoms with Crippen LogP contribution in [0, 0.1) is 5.41 Å². The van der Waals surface area contributed by atoms with Gasteiger partial charge in [-0.15, -0.1) is 0 Å². The highest BCUT2D eigenvalue weighted by atomic mass is 16.3. The summed E-state index contributed by atoms with van der Waals surface area (Å²) in [6, 6.07) is 8.94. The number of aliphatic hydroxyl groups excluding tert-OH is 1. The number of amides is 1. The second-order valence-electron chi connectivity index (χ2n) is 6.35. The third-order valence-electron chi connectivity index (χ3n) is 4.15. The van der Waals surface area contributed by atoms with Crippen LogP contribution in [0.5, 0.6) is 0 Å². The van der Waals surface area contributed by atoms with E-state index in [1.165, 1.54) is 0 Å². The van der Waals surface area contributed by atoms with Gasteiger partial charge in [-0.1, -0.05) is 37.3 Å². The molecule has 1 aliphatic rings. The van der Waals surface area contributed by atoms with Gasteiger partial charge in [-0.3, -0.25) is 14.5 Å². The van der Waals surface area contributed by atoms with Crippen LogP contribution in [0.2, 0.25) is 0 Å². The van der Waals surface area contributed by atoms with E-state index in [-0.39, 0.29) is 36.8 Å². The van der Waals surface area contributed by atoms with Gasteiger partial charge in [0.1, 0.15) is 0 Å². The van der Waals surface area contributed by atoms with Crippen molar-refractivity contribution in [3.63, 3.8) is 0 Å². The molecule has 2 N–H and O–H groups in total. The van der Waals surface area contributed by atoms with E-state index < -0.39 is 0 Å². The number of hydrogen-bond donors (Lipinski definition) is 2. The largest absolute Gasteiger partial charge is 0.396 e. The highest BCUT2D eigenvalue weighted by Gasteiger charge is 2.30. The van der Waals surface area contributed by atoms with Crippen LogP contribution in [-0.4, -0.2) is 54.5 Å². The first kappa shape index (κ1) is 16.6. The Bertz CT molecular complexity index is 518. The summed E-state index contributed by atoms with van der Waals surface area (Å²) in [6.45, 7) is 4.04. The van der Waals surface area contributed by atoms with Gasteiger partial charge in [-0.2, -0.15) is 0 Å². The quantitative estimate of drug-likeness (QED) is 0.772. The van der Waals surface area contributed by atoms with Gasteiger partial charge in [-0.25, -0.2) is 0 Å². The maximum Gasteiger partial charge on any atom is 0.234 e. The zero-order valence-corrected chi connectivity index (χ0v) is 13.0. The van der Waals surface area contributed by atoms with Gasteiger partial charge in [-0.05, 0) is 19.4 Å². The normalized spacial score (nSPS) is 22.3. The number of benzene rings is 1. The number of ketones is 1. The number of rotatable bonds is 6. The van der Waals surface area contributed by atoms with E-state index in [1.54, 1.807) is 24.3 Å². The summed E-state index contributed by atoms with van der Waals surface area (Å²) in [6.07, 6.45) is 1.96. The van der Waals surface area contributed by atoms with Crippen molar-refractivity contribution in [3.05, 3.63) is 35.9 Å². The lowest BCUT2D eigenvalue weighted by Crippen LogP contribution is -2.48. The summed E-state index contributed by atoms with van der Waals surface area (Å²) in [4.78, 5) is 26.0. The maximum absolute atomic E-state index is 12.0. The molecular weight excluding hydrogens is 280 g/mol. The predicted molar refractivity (Wildman–Crippen MR) is 84.6 cm³/mol. The summed E-state index contributed by atoms with van der Waals surface area (Å²) in [5.41, 5.74) is 0.479. The summed E-state index contributed by atoms with van der Waals surface area (Å²) in [5, 5.41) is 12.1. The van der Waals surface area contributed by atoms with Crippen molar-refractivity contribution in [2.45, 2.75) is 19.8 Å². The number of hydrogen-bond acceptors (Lipinski definition) is 4. The molecule has 5 nitrogen and oxygen atoms in total. The van der Waals surface area contributed by atoms with Crippen LogP contribution < -0.4 is 5.32 Å². The van der Waals surface area contributed by atoms with Gasteiger partial charge in [0, 0.05) is 24.1 Å². The summed E-state index contributed by atoms with van der Waals surface area (Å²) < 4.78 is 0. The van der Waals surface area contributed by atoms with Gasteiger partial charge < -0.3 is 10.4 Å². The molecule has 1 aliphatic heterocycles. The highest BCUT2D eigenvalue weighted by Crippen LogP contribution is 2.28. The van der Waals surface area contributed by atoms with Crippen molar-refractivity contribution in [2.75, 3.05) is 32.8 Å². The van der Waals surface area contributed by atoms with Crippen molar-refractivity contribution in [1.82, 2.24) is 10.2 Å². The third kappa shape index (κ3) is 4.64. The zero-order chi connectivity index (χ0) is 16.0. The molecule has 120 valence electrons. The van der Waals surface area contributed by atoms with Crippen molar-refractivity contribution in [3.8, 4) is 0 Å². The highest BCUT2D eigenvalue weighted by molar-refractivity contribution is 5.99. The minimum absolute atomic E-state index is 0.0218. The number of nitrogens with one attached hydrogen (secondary N) is 1. The first-order valence-corrected chi connectivity index (χ1v) is 7.71. The molecule has 1 saturated heterocycles. The van der Waals surface area contributed by atoms with Crippen molar-refractivity contribution >= 4 is 11.7 Å². The molecule has 5 heteroatoms. The lowest BCUT2D eigenvalue weighted by atomic mass is 9.83. The van der Waals surface area contributed by atoms with E-state index in [4.69, 9.17) is 0 Å². The molecule has 2 rings (SSSR count). The molecule has 0 bridgehead atoms. The van der Waals surface area contributed by atoms with Crippen LogP contribution >= 0.6 is 0 Å². The van der Waals surface area contributed by atoms with Crippen molar-refractivity contribution in [1.29, 1.82) is 0 Å². The lowest BCUT2D eigenvalue weighted by Gasteiger charge is -2.38. The molecule has 1 atom stereocenters. The Balaban J connectivity index is 1.77. The van der Waals surface area contributed by atoms with E-state index >= 15 is 0 Å². The summed E-state index contributed by atoms with van der Waals surface area (Å²) in [5.74, 6) is -0.237. The second kappa shape index (κ2) is 7.51. The number of carbonyl (C=O) groups excluding carboxylic acids is 2. The molecule has 22 heavy (non-hydrogen) atoms. The molecule has 1 amide bonds. The molecule has 0 aliphatic carbocycles. The van der Waals surface area contributed by atoms with E-state index in [9.17, 15) is 14.7 Å².